The number of rotatable bonds is 4. The smallest absolute Gasteiger partial charge is 0.267 e. The fraction of sp³-hybridized carbons (Fsp3) is 0.429. The maximum Gasteiger partial charge on any atom is 0.267 e. The molecule has 0 aromatic carbocycles. The van der Waals surface area contributed by atoms with Crippen molar-refractivity contribution >= 4 is 16.9 Å². The van der Waals surface area contributed by atoms with Crippen LogP contribution < -0.4 is 5.32 Å². The first-order valence-electron chi connectivity index (χ1n) is 6.64. The second-order valence-corrected chi connectivity index (χ2v) is 5.09. The number of nitrogens with one attached hydrogen (secondary N) is 2. The fourth-order valence-electron chi connectivity index (χ4n) is 2.36. The Kier molecular flexibility index (Phi) is 3.21. The number of amides is 1. The third-order valence-electron chi connectivity index (χ3n) is 3.80. The number of carbonyl (C=O) groups is 1. The minimum Gasteiger partial charge on any atom is -0.391 e. The number of aromatic nitrogens is 2. The molecule has 5 heteroatoms. The summed E-state index contributed by atoms with van der Waals surface area (Å²) >= 11 is 0. The first-order chi connectivity index (χ1) is 9.24. The van der Waals surface area contributed by atoms with E-state index in [0.717, 1.165) is 18.2 Å². The summed E-state index contributed by atoms with van der Waals surface area (Å²) in [6.07, 6.45) is 4.56. The van der Waals surface area contributed by atoms with Crippen LogP contribution in [0, 0.1) is 5.92 Å². The average Bonchev–Trinajstić information content (AvgIpc) is 2.77. The Bertz CT molecular complexity index is 556. The van der Waals surface area contributed by atoms with Crippen LogP contribution in [0.3, 0.4) is 0 Å². The van der Waals surface area contributed by atoms with Gasteiger partial charge in [0.15, 0.2) is 0 Å². The van der Waals surface area contributed by atoms with Crippen LogP contribution in [0.15, 0.2) is 24.4 Å². The van der Waals surface area contributed by atoms with E-state index >= 15 is 0 Å². The lowest BCUT2D eigenvalue weighted by Crippen LogP contribution is -2.38. The molecular weight excluding hydrogens is 242 g/mol. The molecule has 3 rings (SSSR count). The van der Waals surface area contributed by atoms with Gasteiger partial charge in [-0.25, -0.2) is 4.98 Å². The van der Waals surface area contributed by atoms with Crippen molar-refractivity contribution in [3.05, 3.63) is 30.1 Å². The van der Waals surface area contributed by atoms with Gasteiger partial charge in [-0.3, -0.25) is 4.79 Å². The van der Waals surface area contributed by atoms with Crippen LogP contribution in [-0.2, 0) is 0 Å². The third kappa shape index (κ3) is 2.46. The van der Waals surface area contributed by atoms with E-state index in [1.807, 2.05) is 12.1 Å². The molecule has 5 nitrogen and oxygen atoms in total. The van der Waals surface area contributed by atoms with Crippen LogP contribution >= 0.6 is 0 Å². The second-order valence-electron chi connectivity index (χ2n) is 5.09. The standard InChI is InChI=1S/C14H17N3O2/c18-12(9-3-1-4-9)8-16-14(19)11-7-10-5-2-6-15-13(10)17-11/h2,5-7,9,12,18H,1,3-4,8H2,(H,15,17)(H,16,19). The molecule has 19 heavy (non-hydrogen) atoms. The van der Waals surface area contributed by atoms with Crippen molar-refractivity contribution in [2.75, 3.05) is 6.54 Å². The van der Waals surface area contributed by atoms with Crippen molar-refractivity contribution in [3.63, 3.8) is 0 Å². The van der Waals surface area contributed by atoms with Gasteiger partial charge in [0.2, 0.25) is 0 Å². The maximum atomic E-state index is 12.0. The number of hydrogen-bond donors (Lipinski definition) is 3. The zero-order valence-electron chi connectivity index (χ0n) is 10.6. The van der Waals surface area contributed by atoms with Gasteiger partial charge in [-0.15, -0.1) is 0 Å². The van der Waals surface area contributed by atoms with E-state index in [2.05, 4.69) is 15.3 Å². The minimum atomic E-state index is -0.430. The Labute approximate surface area is 111 Å². The van der Waals surface area contributed by atoms with Crippen molar-refractivity contribution in [1.29, 1.82) is 0 Å². The third-order valence-corrected chi connectivity index (χ3v) is 3.80. The summed E-state index contributed by atoms with van der Waals surface area (Å²) in [6, 6.07) is 5.50. The highest BCUT2D eigenvalue weighted by molar-refractivity contribution is 5.97. The molecule has 3 N–H and O–H groups in total. The van der Waals surface area contributed by atoms with Crippen molar-refractivity contribution < 1.29 is 9.90 Å². The molecule has 1 amide bonds. The molecule has 100 valence electrons. The molecule has 1 fully saturated rings. The van der Waals surface area contributed by atoms with E-state index in [9.17, 15) is 9.90 Å². The number of carbonyl (C=O) groups excluding carboxylic acids is 1. The molecule has 1 unspecified atom stereocenters. The van der Waals surface area contributed by atoms with Gasteiger partial charge in [-0.05, 0) is 37.0 Å². The van der Waals surface area contributed by atoms with E-state index in [-0.39, 0.29) is 5.91 Å². The molecule has 1 atom stereocenters. The van der Waals surface area contributed by atoms with E-state index in [0.29, 0.717) is 23.8 Å². The van der Waals surface area contributed by atoms with Gasteiger partial charge in [0.05, 0.1) is 6.10 Å². The highest BCUT2D eigenvalue weighted by atomic mass is 16.3. The monoisotopic (exact) mass is 259 g/mol. The van der Waals surface area contributed by atoms with Crippen LogP contribution in [0.25, 0.3) is 11.0 Å². The zero-order chi connectivity index (χ0) is 13.2. The van der Waals surface area contributed by atoms with Crippen molar-refractivity contribution in [2.24, 2.45) is 5.92 Å². The topological polar surface area (TPSA) is 78.0 Å². The Balaban J connectivity index is 1.63. The highest BCUT2D eigenvalue weighted by Gasteiger charge is 2.25. The van der Waals surface area contributed by atoms with Crippen LogP contribution in [0.1, 0.15) is 29.8 Å². The van der Waals surface area contributed by atoms with Gasteiger partial charge in [-0.2, -0.15) is 0 Å². The molecule has 2 heterocycles. The second kappa shape index (κ2) is 5.01. The minimum absolute atomic E-state index is 0.198. The first kappa shape index (κ1) is 12.2. The molecular formula is C14H17N3O2. The number of pyridine rings is 1. The predicted molar refractivity (Wildman–Crippen MR) is 71.8 cm³/mol. The van der Waals surface area contributed by atoms with Gasteiger partial charge >= 0.3 is 0 Å². The molecule has 0 spiro atoms. The van der Waals surface area contributed by atoms with Crippen LogP contribution in [0.2, 0.25) is 0 Å². The number of aromatic amines is 1. The first-order valence-corrected chi connectivity index (χ1v) is 6.64. The Morgan fingerprint density at radius 2 is 2.42 bits per heavy atom. The van der Waals surface area contributed by atoms with E-state index in [4.69, 9.17) is 0 Å². The lowest BCUT2D eigenvalue weighted by Gasteiger charge is -2.30. The normalized spacial score (nSPS) is 17.1. The van der Waals surface area contributed by atoms with Crippen molar-refractivity contribution in [3.8, 4) is 0 Å². The summed E-state index contributed by atoms with van der Waals surface area (Å²) in [5, 5.41) is 13.5. The lowest BCUT2D eigenvalue weighted by atomic mass is 9.81. The number of fused-ring (bicyclic) bond motifs is 1. The fourth-order valence-corrected chi connectivity index (χ4v) is 2.36. The van der Waals surface area contributed by atoms with Gasteiger partial charge in [-0.1, -0.05) is 6.42 Å². The maximum absolute atomic E-state index is 12.0. The molecule has 0 bridgehead atoms. The number of nitrogens with zero attached hydrogens (tertiary/aromatic N) is 1. The van der Waals surface area contributed by atoms with E-state index < -0.39 is 6.10 Å². The van der Waals surface area contributed by atoms with Gasteiger partial charge < -0.3 is 15.4 Å². The molecule has 0 saturated heterocycles. The summed E-state index contributed by atoms with van der Waals surface area (Å²) in [5.74, 6) is 0.154. The largest absolute Gasteiger partial charge is 0.391 e. The van der Waals surface area contributed by atoms with Crippen LogP contribution in [-0.4, -0.2) is 33.6 Å². The van der Waals surface area contributed by atoms with Gasteiger partial charge in [0.25, 0.3) is 5.91 Å². The summed E-state index contributed by atoms with van der Waals surface area (Å²) in [4.78, 5) is 19.1. The van der Waals surface area contributed by atoms with Crippen molar-refractivity contribution in [2.45, 2.75) is 25.4 Å². The Morgan fingerprint density at radius 1 is 1.58 bits per heavy atom. The molecule has 1 saturated carbocycles. The molecule has 2 aromatic rings. The molecule has 0 radical (unpaired) electrons. The lowest BCUT2D eigenvalue weighted by molar-refractivity contribution is 0.0583. The Morgan fingerprint density at radius 3 is 3.11 bits per heavy atom. The van der Waals surface area contributed by atoms with Crippen LogP contribution in [0.5, 0.6) is 0 Å². The molecule has 1 aliphatic carbocycles. The SMILES string of the molecule is O=C(NCC(O)C1CCC1)c1cc2cccnc2[nH]1. The highest BCUT2D eigenvalue weighted by Crippen LogP contribution is 2.29. The number of aliphatic hydroxyl groups excluding tert-OH is 1. The average molecular weight is 259 g/mol. The van der Waals surface area contributed by atoms with E-state index in [1.54, 1.807) is 12.3 Å². The molecule has 1 aliphatic rings. The zero-order valence-corrected chi connectivity index (χ0v) is 10.6. The number of H-pyrrole nitrogens is 1. The number of hydrogen-bond acceptors (Lipinski definition) is 3. The van der Waals surface area contributed by atoms with Crippen molar-refractivity contribution in [1.82, 2.24) is 15.3 Å². The van der Waals surface area contributed by atoms with Gasteiger partial charge in [0, 0.05) is 18.1 Å². The predicted octanol–water partition coefficient (Wildman–Crippen LogP) is 1.45. The number of aliphatic hydroxyl groups is 1. The quantitative estimate of drug-likeness (QED) is 0.777. The summed E-state index contributed by atoms with van der Waals surface area (Å²) in [7, 11) is 0. The molecule has 2 aromatic heterocycles. The van der Waals surface area contributed by atoms with E-state index in [1.165, 1.54) is 6.42 Å². The van der Waals surface area contributed by atoms with Crippen LogP contribution in [0.4, 0.5) is 0 Å². The summed E-state index contributed by atoms with van der Waals surface area (Å²) < 4.78 is 0. The summed E-state index contributed by atoms with van der Waals surface area (Å²) in [5.41, 5.74) is 1.18. The molecule has 0 aliphatic heterocycles. The Hall–Kier alpha value is -1.88. The summed E-state index contributed by atoms with van der Waals surface area (Å²) in [6.45, 7) is 0.312. The van der Waals surface area contributed by atoms with Gasteiger partial charge in [0.1, 0.15) is 11.3 Å².